The van der Waals surface area contributed by atoms with Crippen molar-refractivity contribution in [3.8, 4) is 5.75 Å². The van der Waals surface area contributed by atoms with Crippen LogP contribution in [0.3, 0.4) is 0 Å². The average molecular weight is 288 g/mol. The molecule has 0 amide bonds. The highest BCUT2D eigenvalue weighted by Gasteiger charge is 2.01. The molecule has 0 aliphatic heterocycles. The summed E-state index contributed by atoms with van der Waals surface area (Å²) in [4.78, 5) is 0. The summed E-state index contributed by atoms with van der Waals surface area (Å²) in [7, 11) is 3.39. The van der Waals surface area contributed by atoms with Crippen LogP contribution in [0.4, 0.5) is 0 Å². The van der Waals surface area contributed by atoms with E-state index in [1.807, 2.05) is 12.1 Å². The maximum absolute atomic E-state index is 5.19. The summed E-state index contributed by atoms with van der Waals surface area (Å²) in [5.74, 6) is 0.898. The molecule has 0 aliphatic carbocycles. The topological polar surface area (TPSA) is 30.5 Å². The summed E-state index contributed by atoms with van der Waals surface area (Å²) in [5, 5.41) is 3.31. The van der Waals surface area contributed by atoms with Gasteiger partial charge in [0.05, 0.1) is 13.7 Å². The molecule has 0 radical (unpaired) electrons. The third-order valence-corrected chi connectivity index (χ3v) is 3.08. The molecular weight excluding hydrogens is 270 g/mol. The third kappa shape index (κ3) is 4.51. The molecule has 0 saturated carbocycles. The summed E-state index contributed by atoms with van der Waals surface area (Å²) in [6, 6.07) is 6.03. The predicted molar refractivity (Wildman–Crippen MR) is 69.1 cm³/mol. The highest BCUT2D eigenvalue weighted by atomic mass is 79.9. The highest BCUT2D eigenvalue weighted by Crippen LogP contribution is 2.22. The monoisotopic (exact) mass is 287 g/mol. The minimum atomic E-state index is 0.749. The summed E-state index contributed by atoms with van der Waals surface area (Å²) in [6.45, 7) is 2.58. The molecule has 1 rings (SSSR count). The number of hydrogen-bond acceptors (Lipinski definition) is 3. The van der Waals surface area contributed by atoms with Gasteiger partial charge in [-0.05, 0) is 36.7 Å². The van der Waals surface area contributed by atoms with Crippen LogP contribution in [-0.4, -0.2) is 33.9 Å². The van der Waals surface area contributed by atoms with E-state index in [0.29, 0.717) is 0 Å². The lowest BCUT2D eigenvalue weighted by Crippen LogP contribution is -2.21. The molecule has 0 heterocycles. The van der Waals surface area contributed by atoms with E-state index < -0.39 is 0 Å². The van der Waals surface area contributed by atoms with E-state index in [4.69, 9.17) is 9.47 Å². The molecular formula is C12H18BrNO2. The lowest BCUT2D eigenvalue weighted by molar-refractivity contribution is 0.199. The van der Waals surface area contributed by atoms with E-state index in [-0.39, 0.29) is 0 Å². The van der Waals surface area contributed by atoms with Crippen LogP contribution < -0.4 is 10.1 Å². The lowest BCUT2D eigenvalue weighted by atomic mass is 10.1. The fourth-order valence-corrected chi connectivity index (χ4v) is 1.84. The van der Waals surface area contributed by atoms with Gasteiger partial charge in [-0.15, -0.1) is 0 Å². The first-order valence-electron chi connectivity index (χ1n) is 5.30. The standard InChI is InChI=1S/C12H18BrNO2/c1-15-8-7-14-6-5-10-9-11(16-2)3-4-12(10)13/h3-4,9,14H,5-8H2,1-2H3. The Hall–Kier alpha value is -0.580. The summed E-state index contributed by atoms with van der Waals surface area (Å²) < 4.78 is 11.3. The van der Waals surface area contributed by atoms with Gasteiger partial charge < -0.3 is 14.8 Å². The summed E-state index contributed by atoms with van der Waals surface area (Å²) >= 11 is 3.53. The number of rotatable bonds is 7. The van der Waals surface area contributed by atoms with Crippen LogP contribution in [0.2, 0.25) is 0 Å². The maximum atomic E-state index is 5.19. The van der Waals surface area contributed by atoms with Crippen molar-refractivity contribution in [1.29, 1.82) is 0 Å². The van der Waals surface area contributed by atoms with E-state index in [9.17, 15) is 0 Å². The van der Waals surface area contributed by atoms with Gasteiger partial charge in [0.15, 0.2) is 0 Å². The van der Waals surface area contributed by atoms with Gasteiger partial charge in [0.25, 0.3) is 0 Å². The van der Waals surface area contributed by atoms with Crippen molar-refractivity contribution < 1.29 is 9.47 Å². The van der Waals surface area contributed by atoms with Crippen LogP contribution in [0.15, 0.2) is 22.7 Å². The Balaban J connectivity index is 2.40. The number of halogens is 1. The summed E-state index contributed by atoms with van der Waals surface area (Å²) in [5.41, 5.74) is 1.25. The molecule has 90 valence electrons. The number of ether oxygens (including phenoxy) is 2. The van der Waals surface area contributed by atoms with Gasteiger partial charge >= 0.3 is 0 Å². The van der Waals surface area contributed by atoms with Crippen molar-refractivity contribution in [2.24, 2.45) is 0 Å². The van der Waals surface area contributed by atoms with Gasteiger partial charge in [0.1, 0.15) is 5.75 Å². The minimum absolute atomic E-state index is 0.749. The first-order chi connectivity index (χ1) is 7.77. The van der Waals surface area contributed by atoms with Crippen molar-refractivity contribution in [3.63, 3.8) is 0 Å². The van der Waals surface area contributed by atoms with Gasteiger partial charge in [-0.25, -0.2) is 0 Å². The lowest BCUT2D eigenvalue weighted by Gasteiger charge is -2.08. The van der Waals surface area contributed by atoms with Gasteiger partial charge in [0, 0.05) is 18.1 Å². The van der Waals surface area contributed by atoms with Crippen molar-refractivity contribution in [1.82, 2.24) is 5.32 Å². The zero-order chi connectivity index (χ0) is 11.8. The van der Waals surface area contributed by atoms with Crippen LogP contribution in [-0.2, 0) is 11.2 Å². The van der Waals surface area contributed by atoms with Crippen LogP contribution >= 0.6 is 15.9 Å². The molecule has 0 aliphatic rings. The van der Waals surface area contributed by atoms with E-state index >= 15 is 0 Å². The van der Waals surface area contributed by atoms with Crippen LogP contribution in [0.5, 0.6) is 5.75 Å². The molecule has 0 atom stereocenters. The van der Waals surface area contributed by atoms with Crippen molar-refractivity contribution in [2.45, 2.75) is 6.42 Å². The van der Waals surface area contributed by atoms with Gasteiger partial charge in [-0.1, -0.05) is 15.9 Å². The van der Waals surface area contributed by atoms with Crippen molar-refractivity contribution in [2.75, 3.05) is 33.9 Å². The van der Waals surface area contributed by atoms with E-state index in [1.165, 1.54) is 5.56 Å². The van der Waals surface area contributed by atoms with Crippen LogP contribution in [0.1, 0.15) is 5.56 Å². The zero-order valence-corrected chi connectivity index (χ0v) is 11.3. The van der Waals surface area contributed by atoms with Gasteiger partial charge in [0.2, 0.25) is 0 Å². The number of hydrogen-bond donors (Lipinski definition) is 1. The first-order valence-corrected chi connectivity index (χ1v) is 6.09. The Kier molecular flexibility index (Phi) is 6.45. The molecule has 0 aromatic heterocycles. The molecule has 3 nitrogen and oxygen atoms in total. The van der Waals surface area contributed by atoms with E-state index in [2.05, 4.69) is 27.3 Å². The molecule has 1 aromatic rings. The molecule has 0 bridgehead atoms. The Morgan fingerprint density at radius 2 is 2.06 bits per heavy atom. The normalized spacial score (nSPS) is 10.4. The second-order valence-corrected chi connectivity index (χ2v) is 4.30. The van der Waals surface area contributed by atoms with Crippen molar-refractivity contribution in [3.05, 3.63) is 28.2 Å². The largest absolute Gasteiger partial charge is 0.497 e. The first kappa shape index (κ1) is 13.5. The number of benzene rings is 1. The van der Waals surface area contributed by atoms with Crippen molar-refractivity contribution >= 4 is 15.9 Å². The zero-order valence-electron chi connectivity index (χ0n) is 9.75. The molecule has 16 heavy (non-hydrogen) atoms. The van der Waals surface area contributed by atoms with Gasteiger partial charge in [-0.3, -0.25) is 0 Å². The van der Waals surface area contributed by atoms with Crippen LogP contribution in [0.25, 0.3) is 0 Å². The fraction of sp³-hybridized carbons (Fsp3) is 0.500. The Labute approximate surface area is 105 Å². The molecule has 4 heteroatoms. The van der Waals surface area contributed by atoms with E-state index in [1.54, 1.807) is 14.2 Å². The molecule has 0 spiro atoms. The predicted octanol–water partition coefficient (Wildman–Crippen LogP) is 2.24. The molecule has 1 N–H and O–H groups in total. The molecule has 0 fully saturated rings. The SMILES string of the molecule is COCCNCCc1cc(OC)ccc1Br. The highest BCUT2D eigenvalue weighted by molar-refractivity contribution is 9.10. The second-order valence-electron chi connectivity index (χ2n) is 3.45. The summed E-state index contributed by atoms with van der Waals surface area (Å²) in [6.07, 6.45) is 0.974. The van der Waals surface area contributed by atoms with Crippen LogP contribution in [0, 0.1) is 0 Å². The number of nitrogens with one attached hydrogen (secondary N) is 1. The smallest absolute Gasteiger partial charge is 0.119 e. The maximum Gasteiger partial charge on any atom is 0.119 e. The fourth-order valence-electron chi connectivity index (χ4n) is 1.39. The Bertz CT molecular complexity index is 318. The third-order valence-electron chi connectivity index (χ3n) is 2.31. The number of methoxy groups -OCH3 is 2. The molecule has 0 unspecified atom stereocenters. The Morgan fingerprint density at radius 1 is 1.25 bits per heavy atom. The Morgan fingerprint density at radius 3 is 2.75 bits per heavy atom. The molecule has 0 saturated heterocycles. The quantitative estimate of drug-likeness (QED) is 0.781. The van der Waals surface area contributed by atoms with Gasteiger partial charge in [-0.2, -0.15) is 0 Å². The second kappa shape index (κ2) is 7.65. The molecule has 1 aromatic carbocycles. The minimum Gasteiger partial charge on any atom is -0.497 e. The van der Waals surface area contributed by atoms with E-state index in [0.717, 1.165) is 36.3 Å². The average Bonchev–Trinajstić information content (AvgIpc) is 2.31.